The Kier molecular flexibility index (Phi) is 8.05. The second kappa shape index (κ2) is 11.9. The van der Waals surface area contributed by atoms with E-state index in [0.717, 1.165) is 12.1 Å². The molecule has 2 aliphatic carbocycles. The maximum absolute atomic E-state index is 13.4. The highest BCUT2D eigenvalue weighted by Crippen LogP contribution is 2.42. The van der Waals surface area contributed by atoms with Crippen LogP contribution in [0, 0.1) is 11.8 Å². The van der Waals surface area contributed by atoms with Gasteiger partial charge < -0.3 is 18.6 Å². The highest BCUT2D eigenvalue weighted by atomic mass is 32.2. The Morgan fingerprint density at radius 2 is 1.17 bits per heavy atom. The second-order valence-electron chi connectivity index (χ2n) is 11.2. The SMILES string of the molecule is CC1C=Cc2c(cccc2S(=O)(=O)Oc2ccc(C(=O)c3ccc(O)c(OS(=O)(=O)c4cccc5c4C=CC(C)C5=O)c3O)cc2)C1=O. The van der Waals surface area contributed by atoms with Crippen molar-refractivity contribution in [3.05, 3.63) is 118 Å². The summed E-state index contributed by atoms with van der Waals surface area (Å²) in [6, 6.07) is 15.2. The number of fused-ring (bicyclic) bond motifs is 2. The van der Waals surface area contributed by atoms with Gasteiger partial charge in [0.1, 0.15) is 15.5 Å². The Labute approximate surface area is 275 Å². The number of Topliss-reactive ketones (excluding diaryl/α,β-unsaturated/α-hetero) is 2. The minimum atomic E-state index is -4.74. The Hall–Kier alpha value is -5.53. The summed E-state index contributed by atoms with van der Waals surface area (Å²) in [6.45, 7) is 3.37. The van der Waals surface area contributed by atoms with Crippen molar-refractivity contribution in [2.75, 3.05) is 0 Å². The van der Waals surface area contributed by atoms with Crippen LogP contribution in [0.25, 0.3) is 12.2 Å². The zero-order valence-electron chi connectivity index (χ0n) is 25.3. The Bertz CT molecular complexity index is 2320. The number of phenolic OH excluding ortho intramolecular Hbond substituents is 2. The van der Waals surface area contributed by atoms with Crippen LogP contribution in [0.4, 0.5) is 0 Å². The molecule has 0 saturated carbocycles. The van der Waals surface area contributed by atoms with Gasteiger partial charge in [-0.15, -0.1) is 0 Å². The molecule has 13 heteroatoms. The van der Waals surface area contributed by atoms with Gasteiger partial charge >= 0.3 is 20.2 Å². The molecule has 2 N–H and O–H groups in total. The number of ketones is 3. The standard InChI is InChI=1S/C35H26O11S2/c1-19-9-15-23-25(31(19)37)5-3-7-29(23)47(41,42)45-22-13-11-21(12-14-22)33(39)27-17-18-28(36)35(34(27)40)46-48(43,44)30-8-4-6-26-24(30)16-10-20(2)32(26)38/h3-20,36,40H,1-2H3. The predicted molar refractivity (Wildman–Crippen MR) is 173 cm³/mol. The Morgan fingerprint density at radius 1 is 0.667 bits per heavy atom. The molecule has 4 aromatic rings. The zero-order chi connectivity index (χ0) is 34.5. The van der Waals surface area contributed by atoms with E-state index < -0.39 is 60.7 Å². The van der Waals surface area contributed by atoms with Crippen molar-refractivity contribution in [2.24, 2.45) is 11.8 Å². The third-order valence-corrected chi connectivity index (χ3v) is 10.6. The van der Waals surface area contributed by atoms with Crippen LogP contribution in [0.3, 0.4) is 0 Å². The fourth-order valence-corrected chi connectivity index (χ4v) is 7.73. The van der Waals surface area contributed by atoms with Gasteiger partial charge in [0, 0.05) is 39.7 Å². The molecule has 0 saturated heterocycles. The summed E-state index contributed by atoms with van der Waals surface area (Å²) in [5, 5.41) is 21.3. The summed E-state index contributed by atoms with van der Waals surface area (Å²) in [5.74, 6) is -5.00. The number of hydrogen-bond donors (Lipinski definition) is 2. The minimum absolute atomic E-state index is 0.0518. The first-order valence-electron chi connectivity index (χ1n) is 14.5. The first-order valence-corrected chi connectivity index (χ1v) is 17.3. The van der Waals surface area contributed by atoms with Crippen LogP contribution in [-0.4, -0.2) is 44.4 Å². The van der Waals surface area contributed by atoms with E-state index in [1.165, 1.54) is 72.8 Å². The number of hydrogen-bond acceptors (Lipinski definition) is 11. The van der Waals surface area contributed by atoms with Gasteiger partial charge in [0.15, 0.2) is 28.8 Å². The van der Waals surface area contributed by atoms with Crippen molar-refractivity contribution < 1.29 is 49.8 Å². The van der Waals surface area contributed by atoms with Crippen molar-refractivity contribution in [3.63, 3.8) is 0 Å². The molecule has 0 heterocycles. The molecular formula is C35H26O11S2. The molecule has 0 spiro atoms. The third-order valence-electron chi connectivity index (χ3n) is 8.00. The zero-order valence-corrected chi connectivity index (χ0v) is 26.9. The number of allylic oxidation sites excluding steroid dienone is 2. The van der Waals surface area contributed by atoms with E-state index in [2.05, 4.69) is 0 Å². The smallest absolute Gasteiger partial charge is 0.340 e. The summed E-state index contributed by atoms with van der Waals surface area (Å²) in [7, 11) is -9.14. The topological polar surface area (TPSA) is 178 Å². The highest BCUT2D eigenvalue weighted by molar-refractivity contribution is 7.87. The predicted octanol–water partition coefficient (Wildman–Crippen LogP) is 5.56. The molecule has 0 bridgehead atoms. The lowest BCUT2D eigenvalue weighted by molar-refractivity contribution is 0.0943. The molecule has 4 aromatic carbocycles. The van der Waals surface area contributed by atoms with E-state index in [4.69, 9.17) is 8.37 Å². The summed E-state index contributed by atoms with van der Waals surface area (Å²) in [5.41, 5.74) is 0.232. The lowest BCUT2D eigenvalue weighted by atomic mass is 9.89. The van der Waals surface area contributed by atoms with E-state index >= 15 is 0 Å². The molecule has 0 radical (unpaired) electrons. The van der Waals surface area contributed by atoms with Crippen molar-refractivity contribution in [1.82, 2.24) is 0 Å². The van der Waals surface area contributed by atoms with Crippen LogP contribution in [-0.2, 0) is 20.2 Å². The third kappa shape index (κ3) is 5.67. The first kappa shape index (κ1) is 32.4. The van der Waals surface area contributed by atoms with E-state index in [-0.39, 0.29) is 54.9 Å². The molecule has 2 unspecified atom stereocenters. The molecule has 0 aliphatic heterocycles. The molecule has 2 aliphatic rings. The van der Waals surface area contributed by atoms with Crippen molar-refractivity contribution in [1.29, 1.82) is 0 Å². The molecule has 48 heavy (non-hydrogen) atoms. The van der Waals surface area contributed by atoms with Crippen LogP contribution in [0.15, 0.2) is 94.7 Å². The summed E-state index contributed by atoms with van der Waals surface area (Å²) in [6.07, 6.45) is 6.17. The molecule has 0 aromatic heterocycles. The van der Waals surface area contributed by atoms with E-state index in [1.807, 2.05) is 0 Å². The monoisotopic (exact) mass is 686 g/mol. The molecular weight excluding hydrogens is 661 g/mol. The second-order valence-corrected chi connectivity index (χ2v) is 14.2. The lowest BCUT2D eigenvalue weighted by Crippen LogP contribution is -2.18. The van der Waals surface area contributed by atoms with Gasteiger partial charge in [-0.05, 0) is 48.5 Å². The quantitative estimate of drug-likeness (QED) is 0.175. The van der Waals surface area contributed by atoms with E-state index in [9.17, 15) is 41.4 Å². The minimum Gasteiger partial charge on any atom is -0.504 e. The number of aromatic hydroxyl groups is 2. The number of benzene rings is 4. The van der Waals surface area contributed by atoms with Gasteiger partial charge in [0.05, 0.1) is 5.56 Å². The van der Waals surface area contributed by atoms with Crippen LogP contribution in [0.2, 0.25) is 0 Å². The molecule has 11 nitrogen and oxygen atoms in total. The van der Waals surface area contributed by atoms with Gasteiger partial charge in [0.25, 0.3) is 0 Å². The largest absolute Gasteiger partial charge is 0.504 e. The number of rotatable bonds is 8. The van der Waals surface area contributed by atoms with Gasteiger partial charge in [-0.25, -0.2) is 0 Å². The van der Waals surface area contributed by atoms with Crippen LogP contribution in [0.1, 0.15) is 61.6 Å². The molecule has 244 valence electrons. The number of carbonyl (C=O) groups excluding carboxylic acids is 3. The van der Waals surface area contributed by atoms with Crippen molar-refractivity contribution >= 4 is 49.7 Å². The number of carbonyl (C=O) groups is 3. The summed E-state index contributed by atoms with van der Waals surface area (Å²) in [4.78, 5) is 37.9. The average molecular weight is 687 g/mol. The Morgan fingerprint density at radius 3 is 1.69 bits per heavy atom. The molecule has 2 atom stereocenters. The maximum Gasteiger partial charge on any atom is 0.340 e. The lowest BCUT2D eigenvalue weighted by Gasteiger charge is -2.18. The van der Waals surface area contributed by atoms with Crippen LogP contribution < -0.4 is 8.37 Å². The fraction of sp³-hybridized carbons (Fsp3) is 0.114. The summed E-state index contributed by atoms with van der Waals surface area (Å²) < 4.78 is 63.4. The first-order chi connectivity index (χ1) is 22.7. The normalized spacial score (nSPS) is 17.0. The highest BCUT2D eigenvalue weighted by Gasteiger charge is 2.31. The summed E-state index contributed by atoms with van der Waals surface area (Å²) >= 11 is 0. The fourth-order valence-electron chi connectivity index (χ4n) is 5.41. The van der Waals surface area contributed by atoms with Crippen molar-refractivity contribution in [3.8, 4) is 23.0 Å². The molecule has 0 amide bonds. The number of phenols is 2. The Balaban J connectivity index is 1.25. The van der Waals surface area contributed by atoms with Crippen molar-refractivity contribution in [2.45, 2.75) is 23.6 Å². The van der Waals surface area contributed by atoms with E-state index in [0.29, 0.717) is 0 Å². The maximum atomic E-state index is 13.4. The average Bonchev–Trinajstić information content (AvgIpc) is 3.06. The van der Waals surface area contributed by atoms with E-state index in [1.54, 1.807) is 26.0 Å². The molecule has 0 fully saturated rings. The van der Waals surface area contributed by atoms with Gasteiger partial charge in [-0.1, -0.05) is 62.4 Å². The van der Waals surface area contributed by atoms with Crippen LogP contribution in [0.5, 0.6) is 23.0 Å². The molecule has 6 rings (SSSR count). The van der Waals surface area contributed by atoms with Crippen LogP contribution >= 0.6 is 0 Å². The van der Waals surface area contributed by atoms with Gasteiger partial charge in [-0.2, -0.15) is 16.8 Å². The van der Waals surface area contributed by atoms with Gasteiger partial charge in [0.2, 0.25) is 5.75 Å². The van der Waals surface area contributed by atoms with Gasteiger partial charge in [-0.3, -0.25) is 14.4 Å².